The number of aromatic nitrogens is 1. The Balaban J connectivity index is 1.30. The molecule has 37 heavy (non-hydrogen) atoms. The van der Waals surface area contributed by atoms with Crippen molar-refractivity contribution in [2.75, 3.05) is 43.4 Å². The first-order valence-electron chi connectivity index (χ1n) is 12.1. The molecule has 2 heterocycles. The number of nitrogens with zero attached hydrogens (tertiary/aromatic N) is 4. The summed E-state index contributed by atoms with van der Waals surface area (Å²) in [6, 6.07) is 6.62. The molecule has 13 heteroatoms. The highest BCUT2D eigenvalue weighted by Crippen LogP contribution is 2.38. The second-order valence-corrected chi connectivity index (χ2v) is 9.10. The third kappa shape index (κ3) is 6.52. The maximum atomic E-state index is 13.3. The maximum Gasteiger partial charge on any atom is 0.423 e. The van der Waals surface area contributed by atoms with Gasteiger partial charge in [-0.15, -0.1) is 0 Å². The van der Waals surface area contributed by atoms with Gasteiger partial charge >= 0.3 is 12.2 Å². The number of nitro groups is 1. The highest BCUT2D eigenvalue weighted by atomic mass is 19.4. The quantitative estimate of drug-likeness (QED) is 0.430. The molecule has 1 aromatic carbocycles. The maximum absolute atomic E-state index is 13.3. The van der Waals surface area contributed by atoms with E-state index in [1.165, 1.54) is 6.07 Å². The Labute approximate surface area is 211 Å². The number of urea groups is 1. The van der Waals surface area contributed by atoms with Crippen molar-refractivity contribution >= 4 is 23.1 Å². The summed E-state index contributed by atoms with van der Waals surface area (Å²) < 4.78 is 45.9. The van der Waals surface area contributed by atoms with Crippen LogP contribution in [-0.4, -0.2) is 66.2 Å². The third-order valence-corrected chi connectivity index (χ3v) is 6.70. The summed E-state index contributed by atoms with van der Waals surface area (Å²) in [5.74, 6) is 0.507. The minimum absolute atomic E-state index is 0.0710. The molecule has 1 saturated carbocycles. The standard InChI is InChI=1S/C24H29F3N6O4/c1-28-23(34)32-12-10-31(11-13-32)18-8-9-29-22(15-18)37-19-5-2-16(3-6-19)30-17-4-7-21(33(35)36)20(14-17)24(25,26)27/h4,7-9,14-16,19,30H,2-3,5-6,10-13H2,1H3,(H,28,34). The van der Waals surface area contributed by atoms with Gasteiger partial charge in [0.15, 0.2) is 0 Å². The monoisotopic (exact) mass is 522 g/mol. The summed E-state index contributed by atoms with van der Waals surface area (Å²) in [6.45, 7) is 2.64. The highest BCUT2D eigenvalue weighted by Gasteiger charge is 2.38. The number of hydrogen-bond donors (Lipinski definition) is 2. The lowest BCUT2D eigenvalue weighted by Crippen LogP contribution is -2.51. The number of anilines is 2. The van der Waals surface area contributed by atoms with Crippen LogP contribution in [-0.2, 0) is 6.18 Å². The van der Waals surface area contributed by atoms with Crippen LogP contribution in [0.15, 0.2) is 36.5 Å². The van der Waals surface area contributed by atoms with Crippen LogP contribution in [0.5, 0.6) is 5.88 Å². The number of rotatable bonds is 6. The van der Waals surface area contributed by atoms with Gasteiger partial charge in [0.05, 0.1) is 4.92 Å². The predicted octanol–water partition coefficient (Wildman–Crippen LogP) is 4.27. The van der Waals surface area contributed by atoms with E-state index in [0.29, 0.717) is 57.7 Å². The summed E-state index contributed by atoms with van der Waals surface area (Å²) in [7, 11) is 1.62. The summed E-state index contributed by atoms with van der Waals surface area (Å²) >= 11 is 0. The number of hydrogen-bond acceptors (Lipinski definition) is 7. The zero-order valence-corrected chi connectivity index (χ0v) is 20.3. The number of pyridine rings is 1. The van der Waals surface area contributed by atoms with E-state index >= 15 is 0 Å². The van der Waals surface area contributed by atoms with Gasteiger partial charge in [0.25, 0.3) is 5.69 Å². The molecule has 10 nitrogen and oxygen atoms in total. The van der Waals surface area contributed by atoms with E-state index in [2.05, 4.69) is 20.5 Å². The van der Waals surface area contributed by atoms with Crippen molar-refractivity contribution in [3.05, 3.63) is 52.2 Å². The second kappa shape index (κ2) is 11.1. The first kappa shape index (κ1) is 26.3. The molecule has 2 fully saturated rings. The predicted molar refractivity (Wildman–Crippen MR) is 131 cm³/mol. The fraction of sp³-hybridized carbons (Fsp3) is 0.500. The molecule has 0 spiro atoms. The van der Waals surface area contributed by atoms with E-state index in [-0.39, 0.29) is 23.9 Å². The summed E-state index contributed by atoms with van der Waals surface area (Å²) in [5.41, 5.74) is -1.05. The highest BCUT2D eigenvalue weighted by molar-refractivity contribution is 5.74. The molecule has 1 aliphatic carbocycles. The Morgan fingerprint density at radius 1 is 1.11 bits per heavy atom. The number of ether oxygens (including phenoxy) is 1. The number of alkyl halides is 3. The van der Waals surface area contributed by atoms with Gasteiger partial charge in [-0.05, 0) is 43.9 Å². The lowest BCUT2D eigenvalue weighted by Gasteiger charge is -2.36. The molecule has 200 valence electrons. The van der Waals surface area contributed by atoms with Crippen molar-refractivity contribution < 1.29 is 27.6 Å². The zero-order valence-electron chi connectivity index (χ0n) is 20.3. The number of benzene rings is 1. The van der Waals surface area contributed by atoms with Crippen LogP contribution in [0, 0.1) is 10.1 Å². The molecular formula is C24H29F3N6O4. The number of amides is 2. The van der Waals surface area contributed by atoms with Crippen LogP contribution >= 0.6 is 0 Å². The Hall–Kier alpha value is -3.77. The summed E-state index contributed by atoms with van der Waals surface area (Å²) in [4.78, 5) is 30.0. The average molecular weight is 523 g/mol. The van der Waals surface area contributed by atoms with Crippen molar-refractivity contribution in [3.63, 3.8) is 0 Å². The molecule has 2 N–H and O–H groups in total. The van der Waals surface area contributed by atoms with Crippen molar-refractivity contribution in [2.24, 2.45) is 0 Å². The number of halogens is 3. The van der Waals surface area contributed by atoms with Crippen LogP contribution in [0.4, 0.5) is 35.0 Å². The second-order valence-electron chi connectivity index (χ2n) is 9.10. The summed E-state index contributed by atoms with van der Waals surface area (Å²) in [5, 5.41) is 16.7. The van der Waals surface area contributed by atoms with Crippen LogP contribution in [0.2, 0.25) is 0 Å². The van der Waals surface area contributed by atoms with Crippen molar-refractivity contribution in [1.29, 1.82) is 0 Å². The van der Waals surface area contributed by atoms with Gasteiger partial charge in [-0.3, -0.25) is 10.1 Å². The molecule has 2 aromatic rings. The number of nitro benzene ring substituents is 1. The SMILES string of the molecule is CNC(=O)N1CCN(c2ccnc(OC3CCC(Nc4ccc([N+](=O)[O-])c(C(F)(F)F)c4)CC3)c2)CC1. The van der Waals surface area contributed by atoms with E-state index in [4.69, 9.17) is 4.74 Å². The van der Waals surface area contributed by atoms with Crippen LogP contribution in [0.25, 0.3) is 0 Å². The lowest BCUT2D eigenvalue weighted by atomic mass is 9.92. The van der Waals surface area contributed by atoms with Gasteiger partial charge in [-0.2, -0.15) is 13.2 Å². The van der Waals surface area contributed by atoms with E-state index < -0.39 is 22.4 Å². The molecule has 2 amide bonds. The number of nitrogens with one attached hydrogen (secondary N) is 2. The molecular weight excluding hydrogens is 493 g/mol. The first-order valence-corrected chi connectivity index (χ1v) is 12.1. The van der Waals surface area contributed by atoms with E-state index in [1.54, 1.807) is 18.1 Å². The molecule has 2 aliphatic rings. The van der Waals surface area contributed by atoms with E-state index in [1.807, 2.05) is 12.1 Å². The summed E-state index contributed by atoms with van der Waals surface area (Å²) in [6.07, 6.45) is -0.482. The normalized spacial score (nSPS) is 20.3. The Morgan fingerprint density at radius 2 is 1.81 bits per heavy atom. The largest absolute Gasteiger partial charge is 0.474 e. The molecule has 0 bridgehead atoms. The molecule has 1 saturated heterocycles. The average Bonchev–Trinajstić information content (AvgIpc) is 2.89. The smallest absolute Gasteiger partial charge is 0.423 e. The molecule has 0 unspecified atom stereocenters. The Kier molecular flexibility index (Phi) is 7.89. The van der Waals surface area contributed by atoms with Crippen LogP contribution in [0.3, 0.4) is 0 Å². The minimum Gasteiger partial charge on any atom is -0.474 e. The number of piperazine rings is 1. The molecule has 0 radical (unpaired) electrons. The van der Waals surface area contributed by atoms with Gasteiger partial charge in [-0.1, -0.05) is 0 Å². The fourth-order valence-electron chi connectivity index (χ4n) is 4.73. The fourth-order valence-corrected chi connectivity index (χ4v) is 4.73. The zero-order chi connectivity index (χ0) is 26.6. The van der Waals surface area contributed by atoms with E-state index in [0.717, 1.165) is 17.8 Å². The lowest BCUT2D eigenvalue weighted by molar-refractivity contribution is -0.388. The van der Waals surface area contributed by atoms with Gasteiger partial charge < -0.3 is 25.2 Å². The first-order chi connectivity index (χ1) is 17.6. The Bertz CT molecular complexity index is 1120. The van der Waals surface area contributed by atoms with Crippen molar-refractivity contribution in [3.8, 4) is 5.88 Å². The minimum atomic E-state index is -4.81. The van der Waals surface area contributed by atoms with E-state index in [9.17, 15) is 28.1 Å². The third-order valence-electron chi connectivity index (χ3n) is 6.70. The van der Waals surface area contributed by atoms with Gasteiger partial charge in [-0.25, -0.2) is 9.78 Å². The van der Waals surface area contributed by atoms with Gasteiger partial charge in [0.2, 0.25) is 5.88 Å². The molecule has 0 atom stereocenters. The van der Waals surface area contributed by atoms with Crippen LogP contribution in [0.1, 0.15) is 31.2 Å². The molecule has 1 aliphatic heterocycles. The van der Waals surface area contributed by atoms with Crippen LogP contribution < -0.4 is 20.3 Å². The van der Waals surface area contributed by atoms with Crippen molar-refractivity contribution in [1.82, 2.24) is 15.2 Å². The topological polar surface area (TPSA) is 113 Å². The number of carbonyl (C=O) groups excluding carboxylic acids is 1. The number of carbonyl (C=O) groups is 1. The van der Waals surface area contributed by atoms with Gasteiger partial charge in [0.1, 0.15) is 11.7 Å². The molecule has 4 rings (SSSR count). The van der Waals surface area contributed by atoms with Crippen molar-refractivity contribution in [2.45, 2.75) is 44.0 Å². The van der Waals surface area contributed by atoms with Gasteiger partial charge in [0, 0.05) is 69.0 Å². The Morgan fingerprint density at radius 3 is 2.43 bits per heavy atom. The molecule has 1 aromatic heterocycles.